The molecule has 48 valence electrons. The monoisotopic (exact) mass is 144 g/mol. The molecule has 9 heavy (non-hydrogen) atoms. The van der Waals surface area contributed by atoms with Gasteiger partial charge < -0.3 is 5.73 Å². The van der Waals surface area contributed by atoms with Crippen LogP contribution >= 0.6 is 12.6 Å². The highest BCUT2D eigenvalue weighted by Gasteiger charge is 2.24. The maximum atomic E-state index is 10.4. The molecule has 0 fully saturated rings. The van der Waals surface area contributed by atoms with E-state index < -0.39 is 11.8 Å². The Hall–Kier alpha value is -0.970. The average molecular weight is 144 g/mol. The van der Waals surface area contributed by atoms with Gasteiger partial charge in [-0.05, 0) is 0 Å². The number of nitrogens with two attached hydrogens (primary N) is 1. The zero-order chi connectivity index (χ0) is 7.02. The second kappa shape index (κ2) is 1.77. The molecule has 0 aromatic carbocycles. The summed E-state index contributed by atoms with van der Waals surface area (Å²) in [4.78, 5) is 20.9. The number of nitrogens with one attached hydrogen (secondary N) is 1. The van der Waals surface area contributed by atoms with Gasteiger partial charge in [-0.1, -0.05) is 0 Å². The number of hydrogen-bond acceptors (Lipinski definition) is 4. The van der Waals surface area contributed by atoms with E-state index in [0.717, 1.165) is 0 Å². The third kappa shape index (κ3) is 0.787. The van der Waals surface area contributed by atoms with Gasteiger partial charge in [-0.15, -0.1) is 12.6 Å². The maximum absolute atomic E-state index is 10.4. The molecular formula is C4H4N2O2S. The molecule has 0 aromatic heterocycles. The van der Waals surface area contributed by atoms with E-state index >= 15 is 0 Å². The Morgan fingerprint density at radius 2 is 1.89 bits per heavy atom. The molecule has 0 saturated carbocycles. The highest BCUT2D eigenvalue weighted by Crippen LogP contribution is 2.09. The Balaban J connectivity index is 3.06. The van der Waals surface area contributed by atoms with Crippen LogP contribution < -0.4 is 11.1 Å². The van der Waals surface area contributed by atoms with Crippen LogP contribution in [0.25, 0.3) is 0 Å². The van der Waals surface area contributed by atoms with Crippen molar-refractivity contribution in [2.24, 2.45) is 5.73 Å². The van der Waals surface area contributed by atoms with Crippen molar-refractivity contribution in [3.8, 4) is 0 Å². The van der Waals surface area contributed by atoms with Gasteiger partial charge in [0.2, 0.25) is 0 Å². The van der Waals surface area contributed by atoms with Crippen molar-refractivity contribution < 1.29 is 9.59 Å². The minimum atomic E-state index is -0.565. The molecule has 0 saturated heterocycles. The van der Waals surface area contributed by atoms with Crippen LogP contribution in [0.1, 0.15) is 0 Å². The zero-order valence-corrected chi connectivity index (χ0v) is 5.24. The molecule has 1 aliphatic rings. The molecule has 0 bridgehead atoms. The van der Waals surface area contributed by atoms with Crippen LogP contribution in [0.4, 0.5) is 0 Å². The van der Waals surface area contributed by atoms with Gasteiger partial charge in [0.05, 0.1) is 4.91 Å². The molecule has 5 heteroatoms. The topological polar surface area (TPSA) is 72.2 Å². The first kappa shape index (κ1) is 6.15. The molecule has 2 amide bonds. The zero-order valence-electron chi connectivity index (χ0n) is 4.34. The molecule has 0 spiro atoms. The predicted molar refractivity (Wildman–Crippen MR) is 33.3 cm³/mol. The fourth-order valence-corrected chi connectivity index (χ4v) is 0.617. The van der Waals surface area contributed by atoms with Crippen LogP contribution in [0.15, 0.2) is 10.6 Å². The van der Waals surface area contributed by atoms with Crippen molar-refractivity contribution >= 4 is 24.4 Å². The Bertz CT molecular complexity index is 199. The van der Waals surface area contributed by atoms with Gasteiger partial charge in [-0.3, -0.25) is 14.9 Å². The van der Waals surface area contributed by atoms with Gasteiger partial charge in [0, 0.05) is 0 Å². The summed E-state index contributed by atoms with van der Waals surface area (Å²) in [5.41, 5.74) is 4.97. The van der Waals surface area contributed by atoms with Gasteiger partial charge in [0.1, 0.15) is 5.70 Å². The molecule has 0 radical (unpaired) electrons. The quantitative estimate of drug-likeness (QED) is 0.293. The molecule has 1 heterocycles. The largest absolute Gasteiger partial charge is 0.393 e. The van der Waals surface area contributed by atoms with Gasteiger partial charge in [0.15, 0.2) is 0 Å². The minimum Gasteiger partial charge on any atom is -0.393 e. The van der Waals surface area contributed by atoms with E-state index in [2.05, 4.69) is 12.6 Å². The summed E-state index contributed by atoms with van der Waals surface area (Å²) < 4.78 is 0. The maximum Gasteiger partial charge on any atom is 0.275 e. The summed E-state index contributed by atoms with van der Waals surface area (Å²) in [6, 6.07) is 0. The molecule has 1 aliphatic heterocycles. The summed E-state index contributed by atoms with van der Waals surface area (Å²) in [6.45, 7) is 0. The summed E-state index contributed by atoms with van der Waals surface area (Å²) in [5.74, 6) is -1.09. The Kier molecular flexibility index (Phi) is 1.21. The van der Waals surface area contributed by atoms with E-state index in [0.29, 0.717) is 0 Å². The molecule has 0 unspecified atom stereocenters. The third-order valence-corrected chi connectivity index (χ3v) is 1.39. The van der Waals surface area contributed by atoms with E-state index in [4.69, 9.17) is 5.73 Å². The third-order valence-electron chi connectivity index (χ3n) is 0.942. The Labute approximate surface area is 56.5 Å². The average Bonchev–Trinajstić information content (AvgIpc) is 1.98. The lowest BCUT2D eigenvalue weighted by Crippen LogP contribution is -2.24. The van der Waals surface area contributed by atoms with Crippen molar-refractivity contribution in [2.75, 3.05) is 0 Å². The fraction of sp³-hybridized carbons (Fsp3) is 0. The lowest BCUT2D eigenvalue weighted by Gasteiger charge is -1.84. The highest BCUT2D eigenvalue weighted by atomic mass is 32.1. The number of hydrogen-bond donors (Lipinski definition) is 3. The number of carbonyl (C=O) groups excluding carboxylic acids is 2. The van der Waals surface area contributed by atoms with Gasteiger partial charge in [-0.2, -0.15) is 0 Å². The molecule has 4 nitrogen and oxygen atoms in total. The summed E-state index contributed by atoms with van der Waals surface area (Å²) in [6.07, 6.45) is 0. The van der Waals surface area contributed by atoms with E-state index in [1.807, 2.05) is 5.32 Å². The number of rotatable bonds is 0. The van der Waals surface area contributed by atoms with E-state index in [1.165, 1.54) is 0 Å². The van der Waals surface area contributed by atoms with Gasteiger partial charge >= 0.3 is 0 Å². The van der Waals surface area contributed by atoms with Gasteiger partial charge in [0.25, 0.3) is 11.8 Å². The first-order valence-corrected chi connectivity index (χ1v) is 2.62. The van der Waals surface area contributed by atoms with Crippen LogP contribution in [0.5, 0.6) is 0 Å². The standard InChI is InChI=1S/C4H4N2O2S/c5-1-2(9)4(8)6-3(1)7/h(H4,5,6,7,8,9). The minimum absolute atomic E-state index is 0.000000000000000222. The SMILES string of the molecule is NC1=C(S)C(=O)NC1=O. The van der Waals surface area contributed by atoms with Crippen molar-refractivity contribution in [2.45, 2.75) is 0 Å². The first-order chi connectivity index (χ1) is 4.13. The fourth-order valence-electron chi connectivity index (χ4n) is 0.460. The van der Waals surface area contributed by atoms with Crippen molar-refractivity contribution in [1.82, 2.24) is 5.32 Å². The molecular weight excluding hydrogens is 140 g/mol. The molecule has 0 atom stereocenters. The van der Waals surface area contributed by atoms with Crippen molar-refractivity contribution in [3.63, 3.8) is 0 Å². The molecule has 0 aliphatic carbocycles. The lowest BCUT2D eigenvalue weighted by atomic mass is 10.4. The molecule has 3 N–H and O–H groups in total. The van der Waals surface area contributed by atoms with Crippen molar-refractivity contribution in [1.29, 1.82) is 0 Å². The van der Waals surface area contributed by atoms with Crippen LogP contribution in [0.2, 0.25) is 0 Å². The van der Waals surface area contributed by atoms with E-state index in [-0.39, 0.29) is 10.6 Å². The normalized spacial score (nSPS) is 18.8. The van der Waals surface area contributed by atoms with E-state index in [9.17, 15) is 9.59 Å². The molecule has 0 aromatic rings. The number of carbonyl (C=O) groups is 2. The highest BCUT2D eigenvalue weighted by molar-refractivity contribution is 7.85. The van der Waals surface area contributed by atoms with Crippen LogP contribution in [-0.2, 0) is 9.59 Å². The van der Waals surface area contributed by atoms with Gasteiger partial charge in [-0.25, -0.2) is 0 Å². The number of amides is 2. The first-order valence-electron chi connectivity index (χ1n) is 2.17. The summed E-state index contributed by atoms with van der Waals surface area (Å²) in [7, 11) is 0. The van der Waals surface area contributed by atoms with E-state index in [1.54, 1.807) is 0 Å². The van der Waals surface area contributed by atoms with Crippen LogP contribution in [0.3, 0.4) is 0 Å². The van der Waals surface area contributed by atoms with Crippen LogP contribution in [0, 0.1) is 0 Å². The Morgan fingerprint density at radius 3 is 2.00 bits per heavy atom. The smallest absolute Gasteiger partial charge is 0.275 e. The predicted octanol–water partition coefficient (Wildman–Crippen LogP) is -1.26. The number of imide groups is 1. The summed E-state index contributed by atoms with van der Waals surface area (Å²) in [5, 5.41) is 1.96. The number of thiol groups is 1. The molecule has 1 rings (SSSR count). The van der Waals surface area contributed by atoms with Crippen LogP contribution in [-0.4, -0.2) is 11.8 Å². The lowest BCUT2D eigenvalue weighted by molar-refractivity contribution is -0.123. The summed E-state index contributed by atoms with van der Waals surface area (Å²) >= 11 is 3.66. The second-order valence-electron chi connectivity index (χ2n) is 1.55. The van der Waals surface area contributed by atoms with Crippen molar-refractivity contribution in [3.05, 3.63) is 10.6 Å². The Morgan fingerprint density at radius 1 is 1.33 bits per heavy atom. The second-order valence-corrected chi connectivity index (χ2v) is 1.99.